The molecule has 1 saturated carbocycles. The highest BCUT2D eigenvalue weighted by Gasteiger charge is 2.67. The molecule has 5 heteroatoms. The zero-order valence-electron chi connectivity index (χ0n) is 15.1. The van der Waals surface area contributed by atoms with Crippen LogP contribution in [0.1, 0.15) is 36.5 Å². The first-order chi connectivity index (χ1) is 11.8. The molecular formula is C20H23N3OS. The molecule has 0 saturated heterocycles. The molecule has 0 bridgehead atoms. The van der Waals surface area contributed by atoms with Crippen LogP contribution in [0.4, 0.5) is 0 Å². The number of hydrogen-bond acceptors (Lipinski definition) is 3. The molecule has 3 aromatic rings. The maximum atomic E-state index is 13.0. The van der Waals surface area contributed by atoms with E-state index >= 15 is 0 Å². The summed E-state index contributed by atoms with van der Waals surface area (Å²) in [5.74, 6) is 1.13. The fourth-order valence-electron chi connectivity index (χ4n) is 3.87. The molecule has 4 nitrogen and oxygen atoms in total. The topological polar surface area (TPSA) is 46.9 Å². The Hall–Kier alpha value is -2.14. The van der Waals surface area contributed by atoms with Crippen LogP contribution in [0.2, 0.25) is 0 Å². The SMILES string of the molecule is Cc1nc2cc(CNC(=O)C3(c4cccs4)CC3(C)C)ccc2n1C. The molecular weight excluding hydrogens is 330 g/mol. The molecule has 1 unspecified atom stereocenters. The fraction of sp³-hybridized carbons (Fsp3) is 0.400. The molecule has 1 aliphatic rings. The molecule has 2 heterocycles. The summed E-state index contributed by atoms with van der Waals surface area (Å²) in [6.07, 6.45) is 0.908. The summed E-state index contributed by atoms with van der Waals surface area (Å²) in [7, 11) is 2.02. The van der Waals surface area contributed by atoms with Gasteiger partial charge in [0.1, 0.15) is 5.82 Å². The van der Waals surface area contributed by atoms with E-state index in [0.29, 0.717) is 6.54 Å². The predicted molar refractivity (Wildman–Crippen MR) is 102 cm³/mol. The number of carbonyl (C=O) groups excluding carboxylic acids is 1. The first-order valence-electron chi connectivity index (χ1n) is 8.59. The van der Waals surface area contributed by atoms with Gasteiger partial charge in [0, 0.05) is 18.5 Å². The van der Waals surface area contributed by atoms with Gasteiger partial charge in [0.2, 0.25) is 5.91 Å². The summed E-state index contributed by atoms with van der Waals surface area (Å²) in [5, 5.41) is 5.22. The molecule has 2 aromatic heterocycles. The van der Waals surface area contributed by atoms with Crippen LogP contribution >= 0.6 is 11.3 Å². The van der Waals surface area contributed by atoms with Crippen molar-refractivity contribution in [3.8, 4) is 0 Å². The van der Waals surface area contributed by atoms with Crippen LogP contribution in [0.15, 0.2) is 35.7 Å². The Kier molecular flexibility index (Phi) is 3.55. The van der Waals surface area contributed by atoms with E-state index in [-0.39, 0.29) is 16.7 Å². The molecule has 1 atom stereocenters. The molecule has 4 rings (SSSR count). The quantitative estimate of drug-likeness (QED) is 0.772. The van der Waals surface area contributed by atoms with Gasteiger partial charge >= 0.3 is 0 Å². The Morgan fingerprint density at radius 2 is 2.12 bits per heavy atom. The summed E-state index contributed by atoms with van der Waals surface area (Å²) in [5.41, 5.74) is 2.83. The average molecular weight is 353 g/mol. The summed E-state index contributed by atoms with van der Waals surface area (Å²) >= 11 is 1.68. The van der Waals surface area contributed by atoms with Gasteiger partial charge in [0.15, 0.2) is 0 Å². The van der Waals surface area contributed by atoms with Crippen molar-refractivity contribution in [3.05, 3.63) is 52.0 Å². The zero-order chi connectivity index (χ0) is 17.8. The van der Waals surface area contributed by atoms with Crippen LogP contribution in [0.3, 0.4) is 0 Å². The molecule has 0 aliphatic heterocycles. The minimum atomic E-state index is -0.368. The van der Waals surface area contributed by atoms with Crippen LogP contribution in [-0.4, -0.2) is 15.5 Å². The molecule has 25 heavy (non-hydrogen) atoms. The van der Waals surface area contributed by atoms with Gasteiger partial charge in [0.25, 0.3) is 0 Å². The second kappa shape index (κ2) is 5.43. The van der Waals surface area contributed by atoms with E-state index in [0.717, 1.165) is 28.8 Å². The van der Waals surface area contributed by atoms with E-state index in [4.69, 9.17) is 0 Å². The number of aryl methyl sites for hydroxylation is 2. The van der Waals surface area contributed by atoms with E-state index in [9.17, 15) is 4.79 Å². The van der Waals surface area contributed by atoms with Crippen molar-refractivity contribution in [3.63, 3.8) is 0 Å². The zero-order valence-corrected chi connectivity index (χ0v) is 15.9. The number of rotatable bonds is 4. The monoisotopic (exact) mass is 353 g/mol. The number of amides is 1. The van der Waals surface area contributed by atoms with E-state index in [1.165, 1.54) is 4.88 Å². The Morgan fingerprint density at radius 1 is 1.36 bits per heavy atom. The molecule has 1 N–H and O–H groups in total. The first-order valence-corrected chi connectivity index (χ1v) is 9.47. The number of benzene rings is 1. The van der Waals surface area contributed by atoms with Crippen molar-refractivity contribution in [1.29, 1.82) is 0 Å². The number of thiophene rings is 1. The summed E-state index contributed by atoms with van der Waals surface area (Å²) in [4.78, 5) is 18.8. The smallest absolute Gasteiger partial charge is 0.232 e. The van der Waals surface area contributed by atoms with Crippen molar-refractivity contribution in [2.45, 2.75) is 39.2 Å². The van der Waals surface area contributed by atoms with Crippen LogP contribution in [0, 0.1) is 12.3 Å². The Morgan fingerprint density at radius 3 is 2.76 bits per heavy atom. The third-order valence-electron chi connectivity index (χ3n) is 5.69. The molecule has 130 valence electrons. The number of aromatic nitrogens is 2. The number of carbonyl (C=O) groups is 1. The highest BCUT2D eigenvalue weighted by Crippen LogP contribution is 2.65. The van der Waals surface area contributed by atoms with Gasteiger partial charge in [-0.05, 0) is 47.9 Å². The van der Waals surface area contributed by atoms with Gasteiger partial charge in [-0.2, -0.15) is 0 Å². The lowest BCUT2D eigenvalue weighted by atomic mass is 9.93. The number of fused-ring (bicyclic) bond motifs is 1. The number of hydrogen-bond donors (Lipinski definition) is 1. The normalized spacial score (nSPS) is 21.4. The number of nitrogens with zero attached hydrogens (tertiary/aromatic N) is 2. The number of imidazole rings is 1. The van der Waals surface area contributed by atoms with Crippen molar-refractivity contribution in [2.75, 3.05) is 0 Å². The van der Waals surface area contributed by atoms with Crippen LogP contribution < -0.4 is 5.32 Å². The van der Waals surface area contributed by atoms with Crippen molar-refractivity contribution in [1.82, 2.24) is 14.9 Å². The van der Waals surface area contributed by atoms with E-state index in [2.05, 4.69) is 58.4 Å². The predicted octanol–water partition coefficient (Wildman–Crippen LogP) is 3.93. The molecule has 1 aromatic carbocycles. The minimum absolute atomic E-state index is 0.0178. The Labute approximate surface area is 151 Å². The van der Waals surface area contributed by atoms with E-state index in [1.807, 2.05) is 20.0 Å². The van der Waals surface area contributed by atoms with Crippen LogP contribution in [-0.2, 0) is 23.8 Å². The van der Waals surface area contributed by atoms with Crippen molar-refractivity contribution < 1.29 is 4.79 Å². The maximum Gasteiger partial charge on any atom is 0.232 e. The molecule has 0 spiro atoms. The van der Waals surface area contributed by atoms with Crippen LogP contribution in [0.25, 0.3) is 11.0 Å². The summed E-state index contributed by atoms with van der Waals surface area (Å²) in [6, 6.07) is 10.3. The molecule has 1 aliphatic carbocycles. The molecule has 1 amide bonds. The van der Waals surface area contributed by atoms with Gasteiger partial charge in [-0.1, -0.05) is 26.0 Å². The average Bonchev–Trinajstić information content (AvgIpc) is 2.95. The summed E-state index contributed by atoms with van der Waals surface area (Å²) in [6.45, 7) is 6.89. The van der Waals surface area contributed by atoms with Gasteiger partial charge < -0.3 is 9.88 Å². The highest BCUT2D eigenvalue weighted by molar-refractivity contribution is 7.10. The Balaban J connectivity index is 1.54. The van der Waals surface area contributed by atoms with Gasteiger partial charge in [-0.3, -0.25) is 4.79 Å². The van der Waals surface area contributed by atoms with Gasteiger partial charge in [-0.25, -0.2) is 4.98 Å². The van der Waals surface area contributed by atoms with E-state index in [1.54, 1.807) is 11.3 Å². The van der Waals surface area contributed by atoms with Gasteiger partial charge in [0.05, 0.1) is 16.4 Å². The van der Waals surface area contributed by atoms with Crippen molar-refractivity contribution >= 4 is 28.3 Å². The molecule has 1 fully saturated rings. The van der Waals surface area contributed by atoms with E-state index < -0.39 is 0 Å². The largest absolute Gasteiger partial charge is 0.351 e. The third kappa shape index (κ3) is 2.41. The van der Waals surface area contributed by atoms with Crippen molar-refractivity contribution in [2.24, 2.45) is 12.5 Å². The minimum Gasteiger partial charge on any atom is -0.351 e. The lowest BCUT2D eigenvalue weighted by molar-refractivity contribution is -0.124. The second-order valence-electron chi connectivity index (χ2n) is 7.67. The lowest BCUT2D eigenvalue weighted by Gasteiger charge is -2.19. The first kappa shape index (κ1) is 16.3. The Bertz CT molecular complexity index is 955. The highest BCUT2D eigenvalue weighted by atomic mass is 32.1. The molecule has 0 radical (unpaired) electrons. The fourth-order valence-corrected chi connectivity index (χ4v) is 4.97. The standard InChI is InChI=1S/C20H23N3OS/c1-13-22-15-10-14(7-8-16(15)23(13)4)11-21-18(24)20(12-19(20,2)3)17-6-5-9-25-17/h5-10H,11-12H2,1-4H3,(H,21,24). The third-order valence-corrected chi connectivity index (χ3v) is 6.72. The van der Waals surface area contributed by atoms with Crippen LogP contribution in [0.5, 0.6) is 0 Å². The lowest BCUT2D eigenvalue weighted by Crippen LogP contribution is -2.36. The number of nitrogens with one attached hydrogen (secondary N) is 1. The maximum absolute atomic E-state index is 13.0. The van der Waals surface area contributed by atoms with Gasteiger partial charge in [-0.15, -0.1) is 11.3 Å². The summed E-state index contributed by atoms with van der Waals surface area (Å²) < 4.78 is 2.08. The second-order valence-corrected chi connectivity index (χ2v) is 8.61.